The summed E-state index contributed by atoms with van der Waals surface area (Å²) in [6.45, 7) is 0. The zero-order valence-electron chi connectivity index (χ0n) is 13.4. The first-order chi connectivity index (χ1) is 11.9. The van der Waals surface area contributed by atoms with Crippen LogP contribution in [0.15, 0.2) is 60.7 Å². The van der Waals surface area contributed by atoms with Crippen LogP contribution in [0, 0.1) is 0 Å². The van der Waals surface area contributed by atoms with Gasteiger partial charge in [0, 0.05) is 5.41 Å². The van der Waals surface area contributed by atoms with Crippen LogP contribution in [0.4, 0.5) is 0 Å². The minimum absolute atomic E-state index is 0.131. The van der Waals surface area contributed by atoms with Crippen molar-refractivity contribution in [2.45, 2.75) is 31.1 Å². The molecular formula is C21H18N2S. The molecule has 0 saturated heterocycles. The summed E-state index contributed by atoms with van der Waals surface area (Å²) in [7, 11) is 0. The molecule has 0 unspecified atom stereocenters. The maximum Gasteiger partial charge on any atom is 0.144 e. The van der Waals surface area contributed by atoms with Gasteiger partial charge < -0.3 is 0 Å². The molecule has 1 fully saturated rings. The molecule has 2 heterocycles. The van der Waals surface area contributed by atoms with E-state index in [1.54, 1.807) is 11.3 Å². The van der Waals surface area contributed by atoms with Crippen LogP contribution in [0.2, 0.25) is 0 Å². The van der Waals surface area contributed by atoms with Crippen molar-refractivity contribution in [3.05, 3.63) is 77.0 Å². The predicted molar refractivity (Wildman–Crippen MR) is 100 cm³/mol. The van der Waals surface area contributed by atoms with Gasteiger partial charge in [0.15, 0.2) is 0 Å². The number of hydrogen-bond donors (Lipinski definition) is 0. The first-order valence-electron chi connectivity index (χ1n) is 8.55. The Hall–Kier alpha value is -2.26. The highest BCUT2D eigenvalue weighted by Gasteiger charge is 2.47. The van der Waals surface area contributed by atoms with Gasteiger partial charge in [-0.2, -0.15) is 0 Å². The van der Waals surface area contributed by atoms with Crippen LogP contribution in [0.1, 0.15) is 41.9 Å². The van der Waals surface area contributed by atoms with Crippen LogP contribution in [0.25, 0.3) is 15.9 Å². The number of fused-ring (bicyclic) bond motifs is 1. The minimum atomic E-state index is 0.131. The van der Waals surface area contributed by atoms with Crippen molar-refractivity contribution in [1.29, 1.82) is 0 Å². The molecule has 3 heteroatoms. The molecule has 2 aliphatic carbocycles. The van der Waals surface area contributed by atoms with E-state index in [0.717, 1.165) is 28.2 Å². The summed E-state index contributed by atoms with van der Waals surface area (Å²) in [5.41, 5.74) is 5.09. The molecule has 0 atom stereocenters. The van der Waals surface area contributed by atoms with Gasteiger partial charge in [0.1, 0.15) is 15.4 Å². The van der Waals surface area contributed by atoms with Crippen molar-refractivity contribution in [3.8, 4) is 0 Å². The van der Waals surface area contributed by atoms with Crippen LogP contribution >= 0.6 is 11.3 Å². The molecule has 2 aliphatic rings. The highest BCUT2D eigenvalue weighted by Crippen LogP contribution is 2.53. The minimum Gasteiger partial charge on any atom is -0.239 e. The number of nitrogens with zero attached hydrogens (tertiary/aromatic N) is 2. The third kappa shape index (κ3) is 2.23. The van der Waals surface area contributed by atoms with Crippen LogP contribution in [0.5, 0.6) is 0 Å². The van der Waals surface area contributed by atoms with Gasteiger partial charge in [-0.3, -0.25) is 0 Å². The molecule has 1 aromatic carbocycles. The van der Waals surface area contributed by atoms with Gasteiger partial charge in [0.05, 0.1) is 5.69 Å². The Bertz CT molecular complexity index is 962. The van der Waals surface area contributed by atoms with E-state index < -0.39 is 0 Å². The Morgan fingerprint density at radius 1 is 0.958 bits per heavy atom. The zero-order valence-corrected chi connectivity index (χ0v) is 14.2. The second-order valence-electron chi connectivity index (χ2n) is 6.65. The average Bonchev–Trinajstić information content (AvgIpc) is 3.36. The van der Waals surface area contributed by atoms with E-state index in [1.807, 2.05) is 0 Å². The first kappa shape index (κ1) is 14.1. The number of thiazole rings is 1. The monoisotopic (exact) mass is 330 g/mol. The molecule has 5 rings (SSSR count). The van der Waals surface area contributed by atoms with Crippen LogP contribution in [0.3, 0.4) is 0 Å². The molecule has 0 aliphatic heterocycles. The van der Waals surface area contributed by atoms with Crippen molar-refractivity contribution >= 4 is 27.3 Å². The van der Waals surface area contributed by atoms with Gasteiger partial charge in [-0.05, 0) is 49.0 Å². The maximum absolute atomic E-state index is 5.01. The second-order valence-corrected chi connectivity index (χ2v) is 7.62. The smallest absolute Gasteiger partial charge is 0.144 e. The number of aromatic nitrogens is 2. The Morgan fingerprint density at radius 3 is 2.58 bits per heavy atom. The second kappa shape index (κ2) is 5.38. The average molecular weight is 330 g/mol. The van der Waals surface area contributed by atoms with Gasteiger partial charge in [-0.15, -0.1) is 0 Å². The van der Waals surface area contributed by atoms with E-state index >= 15 is 0 Å². The van der Waals surface area contributed by atoms with Crippen molar-refractivity contribution in [2.75, 3.05) is 0 Å². The quantitative estimate of drug-likeness (QED) is 0.633. The molecule has 2 nitrogen and oxygen atoms in total. The molecule has 3 aromatic rings. The van der Waals surface area contributed by atoms with Crippen molar-refractivity contribution < 1.29 is 0 Å². The summed E-state index contributed by atoms with van der Waals surface area (Å²) < 4.78 is 0. The molecule has 2 aromatic heterocycles. The highest BCUT2D eigenvalue weighted by molar-refractivity contribution is 7.19. The molecule has 0 radical (unpaired) electrons. The maximum atomic E-state index is 5.01. The Balaban J connectivity index is 1.57. The molecule has 118 valence electrons. The lowest BCUT2D eigenvalue weighted by molar-refractivity contribution is 0.811. The third-order valence-corrected chi connectivity index (χ3v) is 6.15. The summed E-state index contributed by atoms with van der Waals surface area (Å²) in [4.78, 5) is 10.9. The summed E-state index contributed by atoms with van der Waals surface area (Å²) in [6.07, 6.45) is 11.1. The van der Waals surface area contributed by atoms with Crippen molar-refractivity contribution in [1.82, 2.24) is 9.97 Å². The van der Waals surface area contributed by atoms with Gasteiger partial charge in [-0.1, -0.05) is 59.9 Å². The number of benzene rings is 1. The molecule has 24 heavy (non-hydrogen) atoms. The molecule has 0 N–H and O–H groups in total. The Kier molecular flexibility index (Phi) is 3.17. The van der Waals surface area contributed by atoms with Gasteiger partial charge >= 0.3 is 0 Å². The Labute approximate surface area is 145 Å². The molecule has 0 bridgehead atoms. The molecule has 0 amide bonds. The SMILES string of the molecule is C1=CCCC(c2nc3ccc(C4(c5ccccc5)CC4)nc3s2)=C1. The first-order valence-corrected chi connectivity index (χ1v) is 9.36. The summed E-state index contributed by atoms with van der Waals surface area (Å²) in [6, 6.07) is 15.1. The topological polar surface area (TPSA) is 25.8 Å². The molecule has 1 saturated carbocycles. The fourth-order valence-electron chi connectivity index (χ4n) is 3.58. The molecular weight excluding hydrogens is 312 g/mol. The highest BCUT2D eigenvalue weighted by atomic mass is 32.1. The molecule has 0 spiro atoms. The van der Waals surface area contributed by atoms with Gasteiger partial charge in [0.25, 0.3) is 0 Å². The van der Waals surface area contributed by atoms with Gasteiger partial charge in [-0.25, -0.2) is 9.97 Å². The standard InChI is InChI=1S/C21H18N2S/c1-3-7-15(8-4-1)19-22-17-11-12-18(23-20(17)24-19)21(13-14-21)16-9-5-2-6-10-16/h1-3,5-7,9-12H,4,8,13-14H2. The van der Waals surface area contributed by atoms with Crippen molar-refractivity contribution in [3.63, 3.8) is 0 Å². The van der Waals surface area contributed by atoms with Crippen LogP contribution < -0.4 is 0 Å². The van der Waals surface area contributed by atoms with E-state index in [-0.39, 0.29) is 5.41 Å². The van der Waals surface area contributed by atoms with E-state index in [1.165, 1.54) is 29.7 Å². The van der Waals surface area contributed by atoms with Crippen LogP contribution in [-0.4, -0.2) is 9.97 Å². The normalized spacial score (nSPS) is 18.6. The van der Waals surface area contributed by atoms with E-state index in [2.05, 4.69) is 60.7 Å². The third-order valence-electron chi connectivity index (χ3n) is 5.11. The fraction of sp³-hybridized carbons (Fsp3) is 0.238. The number of allylic oxidation sites excluding steroid dienone is 4. The summed E-state index contributed by atoms with van der Waals surface area (Å²) in [5, 5.41) is 1.13. The number of pyridine rings is 1. The largest absolute Gasteiger partial charge is 0.239 e. The lowest BCUT2D eigenvalue weighted by atomic mass is 9.92. The fourth-order valence-corrected chi connectivity index (χ4v) is 4.57. The lowest BCUT2D eigenvalue weighted by Gasteiger charge is -2.14. The van der Waals surface area contributed by atoms with E-state index in [4.69, 9.17) is 9.97 Å². The number of rotatable bonds is 3. The lowest BCUT2D eigenvalue weighted by Crippen LogP contribution is -2.10. The summed E-state index contributed by atoms with van der Waals surface area (Å²) >= 11 is 1.73. The zero-order chi connectivity index (χ0) is 16.0. The van der Waals surface area contributed by atoms with E-state index in [9.17, 15) is 0 Å². The predicted octanol–water partition coefficient (Wildman–Crippen LogP) is 5.50. The van der Waals surface area contributed by atoms with Crippen LogP contribution in [-0.2, 0) is 5.41 Å². The van der Waals surface area contributed by atoms with E-state index in [0.29, 0.717) is 0 Å². The summed E-state index contributed by atoms with van der Waals surface area (Å²) in [5.74, 6) is 0. The number of hydrogen-bond acceptors (Lipinski definition) is 3. The van der Waals surface area contributed by atoms with Crippen molar-refractivity contribution in [2.24, 2.45) is 0 Å². The Morgan fingerprint density at radius 2 is 1.83 bits per heavy atom. The van der Waals surface area contributed by atoms with Gasteiger partial charge in [0.2, 0.25) is 0 Å².